The summed E-state index contributed by atoms with van der Waals surface area (Å²) in [4.78, 5) is 0. The molecule has 0 unspecified atom stereocenters. The molecule has 0 aromatic rings. The molecule has 0 heterocycles. The van der Waals surface area contributed by atoms with Gasteiger partial charge in [-0.05, 0) is 19.3 Å². The molecule has 1 saturated carbocycles. The van der Waals surface area contributed by atoms with Crippen molar-refractivity contribution in [3.05, 3.63) is 12.2 Å². The molecule has 0 radical (unpaired) electrons. The van der Waals surface area contributed by atoms with Crippen LogP contribution in [0.4, 0.5) is 0 Å². The van der Waals surface area contributed by atoms with Gasteiger partial charge < -0.3 is 5.11 Å². The van der Waals surface area contributed by atoms with Crippen LogP contribution in [0.25, 0.3) is 0 Å². The molecular formula is C11H20O. The van der Waals surface area contributed by atoms with Crippen LogP contribution in [-0.4, -0.2) is 10.7 Å². The van der Waals surface area contributed by atoms with Crippen molar-refractivity contribution in [2.45, 2.75) is 57.5 Å². The van der Waals surface area contributed by atoms with E-state index in [1.807, 2.05) is 6.08 Å². The van der Waals surface area contributed by atoms with Crippen molar-refractivity contribution in [3.8, 4) is 0 Å². The Morgan fingerprint density at radius 3 is 2.58 bits per heavy atom. The van der Waals surface area contributed by atoms with E-state index in [2.05, 4.69) is 13.0 Å². The third kappa shape index (κ3) is 2.98. The molecule has 12 heavy (non-hydrogen) atoms. The number of rotatable bonds is 4. The van der Waals surface area contributed by atoms with Crippen LogP contribution in [0.2, 0.25) is 0 Å². The van der Waals surface area contributed by atoms with E-state index in [-0.39, 0.29) is 0 Å². The summed E-state index contributed by atoms with van der Waals surface area (Å²) in [6.45, 7) is 2.19. The third-order valence-corrected chi connectivity index (χ3v) is 2.62. The van der Waals surface area contributed by atoms with Crippen molar-refractivity contribution in [2.24, 2.45) is 0 Å². The molecule has 0 saturated heterocycles. The number of aliphatic hydroxyl groups is 1. The van der Waals surface area contributed by atoms with E-state index in [1.165, 1.54) is 25.7 Å². The lowest BCUT2D eigenvalue weighted by atomic mass is 10.0. The molecule has 1 aliphatic carbocycles. The monoisotopic (exact) mass is 168 g/mol. The minimum Gasteiger partial charge on any atom is -0.386 e. The summed E-state index contributed by atoms with van der Waals surface area (Å²) in [5, 5.41) is 9.90. The topological polar surface area (TPSA) is 20.2 Å². The maximum Gasteiger partial charge on any atom is 0.0827 e. The maximum absolute atomic E-state index is 9.90. The molecular weight excluding hydrogens is 148 g/mol. The second-order valence-corrected chi connectivity index (χ2v) is 3.86. The van der Waals surface area contributed by atoms with E-state index in [9.17, 15) is 5.11 Å². The molecule has 1 heteroatoms. The number of hydrogen-bond donors (Lipinski definition) is 1. The van der Waals surface area contributed by atoms with Crippen molar-refractivity contribution in [3.63, 3.8) is 0 Å². The highest BCUT2D eigenvalue weighted by Gasteiger charge is 2.27. The Morgan fingerprint density at radius 1 is 1.33 bits per heavy atom. The minimum absolute atomic E-state index is 0.437. The van der Waals surface area contributed by atoms with Crippen LogP contribution in [0.1, 0.15) is 51.9 Å². The predicted octanol–water partition coefficient (Wildman–Crippen LogP) is 3.04. The van der Waals surface area contributed by atoms with Crippen molar-refractivity contribution >= 4 is 0 Å². The molecule has 0 bridgehead atoms. The lowest BCUT2D eigenvalue weighted by Crippen LogP contribution is -2.19. The van der Waals surface area contributed by atoms with E-state index in [1.54, 1.807) is 0 Å². The van der Waals surface area contributed by atoms with Crippen molar-refractivity contribution in [2.75, 3.05) is 0 Å². The molecule has 1 rings (SSSR count). The van der Waals surface area contributed by atoms with E-state index >= 15 is 0 Å². The zero-order chi connectivity index (χ0) is 8.86. The van der Waals surface area contributed by atoms with Gasteiger partial charge in [0.15, 0.2) is 0 Å². The van der Waals surface area contributed by atoms with Gasteiger partial charge in [0.1, 0.15) is 0 Å². The standard InChI is InChI=1S/C11H20O/c1-2-3-4-5-8-11(12)9-6-7-10-11/h5,8,12H,2-4,6-7,9-10H2,1H3. The summed E-state index contributed by atoms with van der Waals surface area (Å²) in [6.07, 6.45) is 12.1. The lowest BCUT2D eigenvalue weighted by Gasteiger charge is -2.16. The second-order valence-electron chi connectivity index (χ2n) is 3.86. The molecule has 1 N–H and O–H groups in total. The molecule has 1 aliphatic rings. The van der Waals surface area contributed by atoms with Crippen molar-refractivity contribution in [1.29, 1.82) is 0 Å². The van der Waals surface area contributed by atoms with Crippen LogP contribution < -0.4 is 0 Å². The van der Waals surface area contributed by atoms with Gasteiger partial charge in [-0.2, -0.15) is 0 Å². The maximum atomic E-state index is 9.90. The molecule has 70 valence electrons. The highest BCUT2D eigenvalue weighted by Crippen LogP contribution is 2.30. The van der Waals surface area contributed by atoms with Gasteiger partial charge in [0, 0.05) is 0 Å². The molecule has 0 aliphatic heterocycles. The number of unbranched alkanes of at least 4 members (excludes halogenated alkanes) is 2. The summed E-state index contributed by atoms with van der Waals surface area (Å²) in [5.74, 6) is 0. The highest BCUT2D eigenvalue weighted by atomic mass is 16.3. The minimum atomic E-state index is -0.437. The summed E-state index contributed by atoms with van der Waals surface area (Å²) < 4.78 is 0. The van der Waals surface area contributed by atoms with E-state index in [0.29, 0.717) is 0 Å². The van der Waals surface area contributed by atoms with E-state index in [4.69, 9.17) is 0 Å². The Balaban J connectivity index is 2.23. The van der Waals surface area contributed by atoms with Crippen LogP contribution in [0.5, 0.6) is 0 Å². The Labute approximate surface area is 75.5 Å². The smallest absolute Gasteiger partial charge is 0.0827 e. The summed E-state index contributed by atoms with van der Waals surface area (Å²) >= 11 is 0. The van der Waals surface area contributed by atoms with Crippen LogP contribution in [0.3, 0.4) is 0 Å². The Bertz CT molecular complexity index is 143. The van der Waals surface area contributed by atoms with E-state index in [0.717, 1.165) is 19.3 Å². The Hall–Kier alpha value is -0.300. The third-order valence-electron chi connectivity index (χ3n) is 2.62. The van der Waals surface area contributed by atoms with Crippen LogP contribution in [-0.2, 0) is 0 Å². The lowest BCUT2D eigenvalue weighted by molar-refractivity contribution is 0.0989. The summed E-state index contributed by atoms with van der Waals surface area (Å²) in [7, 11) is 0. The van der Waals surface area contributed by atoms with Gasteiger partial charge in [-0.25, -0.2) is 0 Å². The van der Waals surface area contributed by atoms with Crippen LogP contribution in [0, 0.1) is 0 Å². The zero-order valence-electron chi connectivity index (χ0n) is 8.05. The summed E-state index contributed by atoms with van der Waals surface area (Å²) in [5.41, 5.74) is -0.437. The SMILES string of the molecule is CCCCC=CC1(O)CCCC1. The molecule has 0 spiro atoms. The second kappa shape index (κ2) is 4.66. The summed E-state index contributed by atoms with van der Waals surface area (Å²) in [6, 6.07) is 0. The van der Waals surface area contributed by atoms with Gasteiger partial charge in [0.25, 0.3) is 0 Å². The molecule has 0 aromatic heterocycles. The van der Waals surface area contributed by atoms with Gasteiger partial charge in [-0.1, -0.05) is 44.8 Å². The molecule has 0 atom stereocenters. The number of allylic oxidation sites excluding steroid dienone is 1. The number of hydrogen-bond acceptors (Lipinski definition) is 1. The van der Waals surface area contributed by atoms with Crippen molar-refractivity contribution < 1.29 is 5.11 Å². The zero-order valence-corrected chi connectivity index (χ0v) is 8.05. The van der Waals surface area contributed by atoms with Gasteiger partial charge in [-0.3, -0.25) is 0 Å². The van der Waals surface area contributed by atoms with Gasteiger partial charge in [0.2, 0.25) is 0 Å². The molecule has 1 fully saturated rings. The molecule has 0 aromatic carbocycles. The van der Waals surface area contributed by atoms with Gasteiger partial charge in [-0.15, -0.1) is 0 Å². The normalized spacial score (nSPS) is 22.2. The fraction of sp³-hybridized carbons (Fsp3) is 0.818. The molecule has 0 amide bonds. The average Bonchev–Trinajstić information content (AvgIpc) is 2.47. The quantitative estimate of drug-likeness (QED) is 0.505. The fourth-order valence-corrected chi connectivity index (χ4v) is 1.78. The van der Waals surface area contributed by atoms with Crippen LogP contribution >= 0.6 is 0 Å². The van der Waals surface area contributed by atoms with Gasteiger partial charge in [0.05, 0.1) is 5.60 Å². The first-order valence-corrected chi connectivity index (χ1v) is 5.17. The van der Waals surface area contributed by atoms with E-state index < -0.39 is 5.60 Å². The highest BCUT2D eigenvalue weighted by molar-refractivity contribution is 5.03. The fourth-order valence-electron chi connectivity index (χ4n) is 1.78. The first-order chi connectivity index (χ1) is 5.77. The largest absolute Gasteiger partial charge is 0.386 e. The Morgan fingerprint density at radius 2 is 2.00 bits per heavy atom. The van der Waals surface area contributed by atoms with Gasteiger partial charge >= 0.3 is 0 Å². The average molecular weight is 168 g/mol. The first kappa shape index (κ1) is 9.79. The first-order valence-electron chi connectivity index (χ1n) is 5.17. The van der Waals surface area contributed by atoms with Crippen molar-refractivity contribution in [1.82, 2.24) is 0 Å². The molecule has 1 nitrogen and oxygen atoms in total. The Kier molecular flexibility index (Phi) is 3.80. The predicted molar refractivity (Wildman–Crippen MR) is 52.1 cm³/mol. The van der Waals surface area contributed by atoms with Crippen LogP contribution in [0.15, 0.2) is 12.2 Å².